The third kappa shape index (κ3) is 4.41. The van der Waals surface area contributed by atoms with Crippen LogP contribution in [0.3, 0.4) is 0 Å². The molecule has 0 bridgehead atoms. The largest absolute Gasteiger partial charge is 0.416 e. The second-order valence-electron chi connectivity index (χ2n) is 7.01. The molecule has 6 nitrogen and oxygen atoms in total. The molecule has 0 aliphatic carbocycles. The molecule has 3 rings (SSSR count). The number of hydrogen-bond donors (Lipinski definition) is 1. The fourth-order valence-electron chi connectivity index (χ4n) is 3.08. The van der Waals surface area contributed by atoms with Crippen molar-refractivity contribution < 1.29 is 18.0 Å². The van der Waals surface area contributed by atoms with Gasteiger partial charge in [0, 0.05) is 36.1 Å². The van der Waals surface area contributed by atoms with Gasteiger partial charge in [-0.2, -0.15) is 13.2 Å². The van der Waals surface area contributed by atoms with Crippen molar-refractivity contribution in [3.63, 3.8) is 0 Å². The van der Waals surface area contributed by atoms with Crippen molar-refractivity contribution in [3.8, 4) is 0 Å². The quantitative estimate of drug-likeness (QED) is 0.847. The molecule has 1 aliphatic heterocycles. The summed E-state index contributed by atoms with van der Waals surface area (Å²) in [5, 5.41) is 2.53. The van der Waals surface area contributed by atoms with Crippen LogP contribution in [0.2, 0.25) is 0 Å². The molecule has 0 unspecified atom stereocenters. The molecule has 9 heteroatoms. The lowest BCUT2D eigenvalue weighted by Crippen LogP contribution is -2.60. The molecule has 1 aromatic carbocycles. The van der Waals surface area contributed by atoms with Crippen LogP contribution >= 0.6 is 0 Å². The number of carbonyl (C=O) groups is 1. The number of benzene rings is 1. The van der Waals surface area contributed by atoms with Crippen molar-refractivity contribution in [1.82, 2.24) is 14.9 Å². The predicted octanol–water partition coefficient (Wildman–Crippen LogP) is 2.87. The highest BCUT2D eigenvalue weighted by molar-refractivity contribution is 5.92. The summed E-state index contributed by atoms with van der Waals surface area (Å²) in [6, 6.07) is 4.79. The van der Waals surface area contributed by atoms with Gasteiger partial charge in [0.25, 0.3) is 0 Å². The highest BCUT2D eigenvalue weighted by Gasteiger charge is 2.33. The van der Waals surface area contributed by atoms with Crippen LogP contribution in [-0.2, 0) is 11.0 Å². The Morgan fingerprint density at radius 2 is 2.00 bits per heavy atom. The lowest BCUT2D eigenvalue weighted by atomic mass is 10.1. The standard InChI is InChI=1S/C19H22F3N5O/c1-12-13(2)23-11-24-18(12)27-8-16(9-27)26(3)10-17(28)25-15-6-4-5-14(7-15)19(20,21)22/h4-7,11,16H,8-10H2,1-3H3,(H,25,28). The Morgan fingerprint density at radius 3 is 2.68 bits per heavy atom. The zero-order chi connectivity index (χ0) is 20.5. The van der Waals surface area contributed by atoms with Crippen LogP contribution in [0.5, 0.6) is 0 Å². The van der Waals surface area contributed by atoms with Crippen molar-refractivity contribution in [1.29, 1.82) is 0 Å². The first kappa shape index (κ1) is 20.1. The van der Waals surface area contributed by atoms with Gasteiger partial charge in [0.05, 0.1) is 12.1 Å². The zero-order valence-electron chi connectivity index (χ0n) is 15.9. The fourth-order valence-corrected chi connectivity index (χ4v) is 3.08. The van der Waals surface area contributed by atoms with Gasteiger partial charge in [-0.05, 0) is 39.1 Å². The minimum atomic E-state index is -4.44. The number of alkyl halides is 3. The number of aryl methyl sites for hydroxylation is 1. The molecule has 0 atom stereocenters. The zero-order valence-corrected chi connectivity index (χ0v) is 15.9. The lowest BCUT2D eigenvalue weighted by Gasteiger charge is -2.45. The molecule has 0 radical (unpaired) electrons. The Kier molecular flexibility index (Phi) is 5.55. The summed E-state index contributed by atoms with van der Waals surface area (Å²) in [6.45, 7) is 5.46. The predicted molar refractivity (Wildman–Crippen MR) is 100 cm³/mol. The van der Waals surface area contributed by atoms with E-state index in [1.807, 2.05) is 25.8 Å². The summed E-state index contributed by atoms with van der Waals surface area (Å²) in [5.41, 5.74) is 1.31. The summed E-state index contributed by atoms with van der Waals surface area (Å²) in [6.07, 6.45) is -2.90. The minimum Gasteiger partial charge on any atom is -0.353 e. The van der Waals surface area contributed by atoms with E-state index in [9.17, 15) is 18.0 Å². The Labute approximate surface area is 161 Å². The summed E-state index contributed by atoms with van der Waals surface area (Å²) in [7, 11) is 1.83. The molecule has 1 saturated heterocycles. The molecule has 1 aliphatic rings. The number of rotatable bonds is 5. The number of amides is 1. The summed E-state index contributed by atoms with van der Waals surface area (Å²) in [4.78, 5) is 24.7. The number of hydrogen-bond acceptors (Lipinski definition) is 5. The fraction of sp³-hybridized carbons (Fsp3) is 0.421. The van der Waals surface area contributed by atoms with Crippen LogP contribution < -0.4 is 10.2 Å². The van der Waals surface area contributed by atoms with Gasteiger partial charge in [0.2, 0.25) is 5.91 Å². The van der Waals surface area contributed by atoms with Crippen molar-refractivity contribution in [3.05, 3.63) is 47.4 Å². The normalized spacial score (nSPS) is 14.9. The van der Waals surface area contributed by atoms with Gasteiger partial charge < -0.3 is 10.2 Å². The van der Waals surface area contributed by atoms with Crippen molar-refractivity contribution in [2.75, 3.05) is 36.9 Å². The Hall–Kier alpha value is -2.68. The van der Waals surface area contributed by atoms with Gasteiger partial charge in [-0.25, -0.2) is 9.97 Å². The van der Waals surface area contributed by atoms with Gasteiger partial charge in [-0.3, -0.25) is 9.69 Å². The molecular formula is C19H22F3N5O. The summed E-state index contributed by atoms with van der Waals surface area (Å²) < 4.78 is 38.3. The maximum absolute atomic E-state index is 12.8. The van der Waals surface area contributed by atoms with E-state index >= 15 is 0 Å². The van der Waals surface area contributed by atoms with Gasteiger partial charge in [-0.15, -0.1) is 0 Å². The van der Waals surface area contributed by atoms with Crippen LogP contribution in [0.25, 0.3) is 0 Å². The number of halogens is 3. The average Bonchev–Trinajstić information content (AvgIpc) is 2.56. The molecule has 1 N–H and O–H groups in total. The topological polar surface area (TPSA) is 61.4 Å². The Bertz CT molecular complexity index is 865. The molecule has 0 spiro atoms. The number of carbonyl (C=O) groups excluding carboxylic acids is 1. The first-order valence-electron chi connectivity index (χ1n) is 8.85. The minimum absolute atomic E-state index is 0.0938. The van der Waals surface area contributed by atoms with E-state index in [0.29, 0.717) is 0 Å². The van der Waals surface area contributed by atoms with E-state index < -0.39 is 11.7 Å². The molecular weight excluding hydrogens is 371 g/mol. The first-order chi connectivity index (χ1) is 13.1. The SMILES string of the molecule is Cc1ncnc(N2CC(N(C)CC(=O)Nc3cccc(C(F)(F)F)c3)C2)c1C. The molecule has 1 amide bonds. The number of nitrogens with zero attached hydrogens (tertiary/aromatic N) is 4. The van der Waals surface area contributed by atoms with E-state index in [1.54, 1.807) is 0 Å². The van der Waals surface area contributed by atoms with Gasteiger partial charge in [-0.1, -0.05) is 6.07 Å². The maximum Gasteiger partial charge on any atom is 0.416 e. The van der Waals surface area contributed by atoms with Gasteiger partial charge >= 0.3 is 6.18 Å². The van der Waals surface area contributed by atoms with E-state index in [-0.39, 0.29) is 24.2 Å². The summed E-state index contributed by atoms with van der Waals surface area (Å²) >= 11 is 0. The van der Waals surface area contributed by atoms with E-state index in [0.717, 1.165) is 42.3 Å². The van der Waals surface area contributed by atoms with Gasteiger partial charge in [0.15, 0.2) is 0 Å². The molecule has 0 saturated carbocycles. The Balaban J connectivity index is 1.53. The number of likely N-dealkylation sites (N-methyl/N-ethyl adjacent to an activating group) is 1. The van der Waals surface area contributed by atoms with E-state index in [1.165, 1.54) is 18.5 Å². The first-order valence-corrected chi connectivity index (χ1v) is 8.85. The highest BCUT2D eigenvalue weighted by atomic mass is 19.4. The second-order valence-corrected chi connectivity index (χ2v) is 7.01. The van der Waals surface area contributed by atoms with Crippen molar-refractivity contribution in [2.45, 2.75) is 26.1 Å². The average molecular weight is 393 g/mol. The molecule has 2 aromatic rings. The smallest absolute Gasteiger partial charge is 0.353 e. The lowest BCUT2D eigenvalue weighted by molar-refractivity contribution is -0.137. The molecule has 150 valence electrons. The van der Waals surface area contributed by atoms with Crippen LogP contribution in [0.15, 0.2) is 30.6 Å². The molecule has 1 aromatic heterocycles. The van der Waals surface area contributed by atoms with Crippen molar-refractivity contribution >= 4 is 17.4 Å². The highest BCUT2D eigenvalue weighted by Crippen LogP contribution is 2.30. The Morgan fingerprint density at radius 1 is 1.29 bits per heavy atom. The number of nitrogens with one attached hydrogen (secondary N) is 1. The monoisotopic (exact) mass is 393 g/mol. The van der Waals surface area contributed by atoms with Crippen molar-refractivity contribution in [2.24, 2.45) is 0 Å². The van der Waals surface area contributed by atoms with Crippen LogP contribution in [0.1, 0.15) is 16.8 Å². The number of aromatic nitrogens is 2. The maximum atomic E-state index is 12.8. The van der Waals surface area contributed by atoms with Crippen LogP contribution in [0, 0.1) is 13.8 Å². The van der Waals surface area contributed by atoms with Crippen LogP contribution in [0.4, 0.5) is 24.7 Å². The third-order valence-corrected chi connectivity index (χ3v) is 4.96. The van der Waals surface area contributed by atoms with E-state index in [4.69, 9.17) is 0 Å². The molecule has 28 heavy (non-hydrogen) atoms. The second kappa shape index (κ2) is 7.75. The number of anilines is 2. The van der Waals surface area contributed by atoms with Gasteiger partial charge in [0.1, 0.15) is 12.1 Å². The molecule has 2 heterocycles. The van der Waals surface area contributed by atoms with E-state index in [2.05, 4.69) is 20.2 Å². The summed E-state index contributed by atoms with van der Waals surface area (Å²) in [5.74, 6) is 0.542. The molecule has 1 fully saturated rings. The van der Waals surface area contributed by atoms with Crippen LogP contribution in [-0.4, -0.2) is 53.5 Å². The third-order valence-electron chi connectivity index (χ3n) is 4.96.